The standard InChI is InChI=1S/C13H22N4O3S/c1-10(2)17-8-12(14-15-17)13(18)6-3-7-16(9-13)21(19,20)11-4-5-11/h8,10-11,18H,3-7,9H2,1-2H3. The van der Waals surface area contributed by atoms with Crippen molar-refractivity contribution in [3.63, 3.8) is 0 Å². The Bertz CT molecular complexity index is 623. The molecule has 1 aromatic heterocycles. The van der Waals surface area contributed by atoms with Crippen molar-refractivity contribution in [2.24, 2.45) is 0 Å². The Labute approximate surface area is 125 Å². The van der Waals surface area contributed by atoms with E-state index in [0.29, 0.717) is 25.1 Å². The fourth-order valence-corrected chi connectivity index (χ4v) is 4.67. The first-order chi connectivity index (χ1) is 9.83. The van der Waals surface area contributed by atoms with Gasteiger partial charge in [-0.2, -0.15) is 4.31 Å². The van der Waals surface area contributed by atoms with Crippen LogP contribution in [0.4, 0.5) is 0 Å². The molecule has 0 amide bonds. The number of β-amino-alcohol motifs (C(OH)–C–C–N with tert-alkyl or cyclic N) is 1. The number of hydrogen-bond acceptors (Lipinski definition) is 5. The van der Waals surface area contributed by atoms with E-state index >= 15 is 0 Å². The van der Waals surface area contributed by atoms with Crippen LogP contribution in [0.5, 0.6) is 0 Å². The Balaban J connectivity index is 1.83. The van der Waals surface area contributed by atoms with E-state index in [0.717, 1.165) is 12.8 Å². The summed E-state index contributed by atoms with van der Waals surface area (Å²) in [5, 5.41) is 18.7. The second-order valence-corrected chi connectivity index (χ2v) is 8.60. The van der Waals surface area contributed by atoms with Gasteiger partial charge in [0.1, 0.15) is 11.3 Å². The minimum absolute atomic E-state index is 0.0859. The molecule has 0 radical (unpaired) electrons. The molecule has 1 saturated heterocycles. The number of aromatic nitrogens is 3. The third-order valence-corrected chi connectivity index (χ3v) is 6.60. The first-order valence-corrected chi connectivity index (χ1v) is 8.97. The van der Waals surface area contributed by atoms with Crippen LogP contribution in [0.1, 0.15) is 51.3 Å². The van der Waals surface area contributed by atoms with Crippen molar-refractivity contribution < 1.29 is 13.5 Å². The summed E-state index contributed by atoms with van der Waals surface area (Å²) in [7, 11) is -3.26. The summed E-state index contributed by atoms with van der Waals surface area (Å²) in [5.74, 6) is 0. The molecule has 2 aliphatic rings. The van der Waals surface area contributed by atoms with E-state index in [1.807, 2.05) is 13.8 Å². The largest absolute Gasteiger partial charge is 0.382 e. The van der Waals surface area contributed by atoms with Crippen LogP contribution >= 0.6 is 0 Å². The lowest BCUT2D eigenvalue weighted by Gasteiger charge is -2.37. The van der Waals surface area contributed by atoms with Crippen molar-refractivity contribution in [3.8, 4) is 0 Å². The average Bonchev–Trinajstić information content (AvgIpc) is 3.16. The predicted molar refractivity (Wildman–Crippen MR) is 77.1 cm³/mol. The van der Waals surface area contributed by atoms with Gasteiger partial charge in [0.15, 0.2) is 0 Å². The molecule has 2 heterocycles. The van der Waals surface area contributed by atoms with E-state index in [-0.39, 0.29) is 17.8 Å². The molecule has 21 heavy (non-hydrogen) atoms. The summed E-state index contributed by atoms with van der Waals surface area (Å²) in [6.07, 6.45) is 4.34. The number of piperidine rings is 1. The zero-order valence-electron chi connectivity index (χ0n) is 12.4. The van der Waals surface area contributed by atoms with Gasteiger partial charge in [0.25, 0.3) is 0 Å². The van der Waals surface area contributed by atoms with Crippen LogP contribution in [-0.2, 0) is 15.6 Å². The van der Waals surface area contributed by atoms with Gasteiger partial charge < -0.3 is 5.11 Å². The molecule has 3 rings (SSSR count). The van der Waals surface area contributed by atoms with Crippen LogP contribution in [0.3, 0.4) is 0 Å². The maximum atomic E-state index is 12.4. The van der Waals surface area contributed by atoms with E-state index in [2.05, 4.69) is 10.3 Å². The quantitative estimate of drug-likeness (QED) is 0.881. The van der Waals surface area contributed by atoms with Crippen LogP contribution in [0, 0.1) is 0 Å². The third-order valence-electron chi connectivity index (χ3n) is 4.26. The third kappa shape index (κ3) is 2.72. The lowest BCUT2D eigenvalue weighted by Crippen LogP contribution is -2.49. The number of aliphatic hydroxyl groups is 1. The summed E-state index contributed by atoms with van der Waals surface area (Å²) < 4.78 is 27.8. The van der Waals surface area contributed by atoms with E-state index < -0.39 is 15.6 Å². The van der Waals surface area contributed by atoms with Crippen LogP contribution < -0.4 is 0 Å². The van der Waals surface area contributed by atoms with E-state index in [4.69, 9.17) is 0 Å². The highest BCUT2D eigenvalue weighted by molar-refractivity contribution is 7.90. The van der Waals surface area contributed by atoms with E-state index in [1.54, 1.807) is 10.9 Å². The average molecular weight is 314 g/mol. The zero-order chi connectivity index (χ0) is 15.3. The topological polar surface area (TPSA) is 88.3 Å². The molecule has 1 unspecified atom stereocenters. The molecule has 0 aromatic carbocycles. The van der Waals surface area contributed by atoms with Gasteiger partial charge >= 0.3 is 0 Å². The minimum atomic E-state index is -3.26. The molecule has 1 aliphatic heterocycles. The molecule has 2 fully saturated rings. The van der Waals surface area contributed by atoms with Crippen LogP contribution in [0.15, 0.2) is 6.20 Å². The second-order valence-electron chi connectivity index (χ2n) is 6.39. The van der Waals surface area contributed by atoms with E-state index in [9.17, 15) is 13.5 Å². The molecule has 1 atom stereocenters. The van der Waals surface area contributed by atoms with Crippen molar-refractivity contribution in [2.75, 3.05) is 13.1 Å². The van der Waals surface area contributed by atoms with Crippen molar-refractivity contribution in [1.29, 1.82) is 0 Å². The molecular weight excluding hydrogens is 292 g/mol. The monoisotopic (exact) mass is 314 g/mol. The Morgan fingerprint density at radius 2 is 2.14 bits per heavy atom. The Kier molecular flexibility index (Phi) is 3.58. The number of nitrogens with zero attached hydrogens (tertiary/aromatic N) is 4. The molecule has 1 aromatic rings. The first-order valence-electron chi connectivity index (χ1n) is 7.46. The number of rotatable bonds is 4. The maximum absolute atomic E-state index is 12.4. The summed E-state index contributed by atoms with van der Waals surface area (Å²) in [6, 6.07) is 0.157. The van der Waals surface area contributed by atoms with E-state index in [1.165, 1.54) is 4.31 Å². The van der Waals surface area contributed by atoms with Crippen LogP contribution in [0.25, 0.3) is 0 Å². The highest BCUT2D eigenvalue weighted by Gasteiger charge is 2.46. The number of sulfonamides is 1. The fraction of sp³-hybridized carbons (Fsp3) is 0.846. The van der Waals surface area contributed by atoms with Crippen LogP contribution in [-0.4, -0.2) is 51.2 Å². The molecule has 1 saturated carbocycles. The van der Waals surface area contributed by atoms with Gasteiger partial charge in [-0.05, 0) is 39.5 Å². The summed E-state index contributed by atoms with van der Waals surface area (Å²) in [6.45, 7) is 4.53. The zero-order valence-corrected chi connectivity index (χ0v) is 13.3. The molecule has 8 heteroatoms. The van der Waals surface area contributed by atoms with Gasteiger partial charge in [0.05, 0.1) is 11.4 Å². The SMILES string of the molecule is CC(C)n1cc(C2(O)CCCN(S(=O)(=O)C3CC3)C2)nn1. The van der Waals surface area contributed by atoms with Gasteiger partial charge in [-0.3, -0.25) is 0 Å². The van der Waals surface area contributed by atoms with Crippen molar-refractivity contribution >= 4 is 10.0 Å². The van der Waals surface area contributed by atoms with Crippen LogP contribution in [0.2, 0.25) is 0 Å². The molecule has 1 N–H and O–H groups in total. The molecule has 7 nitrogen and oxygen atoms in total. The minimum Gasteiger partial charge on any atom is -0.382 e. The fourth-order valence-electron chi connectivity index (χ4n) is 2.74. The molecule has 1 aliphatic carbocycles. The smallest absolute Gasteiger partial charge is 0.217 e. The van der Waals surface area contributed by atoms with Gasteiger partial charge in [0.2, 0.25) is 10.0 Å². The Hall–Kier alpha value is -0.990. The van der Waals surface area contributed by atoms with Crippen molar-refractivity contribution in [2.45, 2.75) is 56.4 Å². The molecule has 118 valence electrons. The molecule has 0 spiro atoms. The van der Waals surface area contributed by atoms with Crippen molar-refractivity contribution in [3.05, 3.63) is 11.9 Å². The molecule has 0 bridgehead atoms. The Morgan fingerprint density at radius 1 is 1.43 bits per heavy atom. The highest BCUT2D eigenvalue weighted by atomic mass is 32.2. The van der Waals surface area contributed by atoms with Gasteiger partial charge in [-0.1, -0.05) is 5.21 Å². The van der Waals surface area contributed by atoms with Gasteiger partial charge in [-0.25, -0.2) is 13.1 Å². The normalized spacial score (nSPS) is 28.2. The number of hydrogen-bond donors (Lipinski definition) is 1. The van der Waals surface area contributed by atoms with Gasteiger partial charge in [0, 0.05) is 19.1 Å². The summed E-state index contributed by atoms with van der Waals surface area (Å²) in [5.41, 5.74) is -0.764. The second kappa shape index (κ2) is 5.03. The van der Waals surface area contributed by atoms with Gasteiger partial charge in [-0.15, -0.1) is 5.10 Å². The molecular formula is C13H22N4O3S. The highest BCUT2D eigenvalue weighted by Crippen LogP contribution is 2.37. The summed E-state index contributed by atoms with van der Waals surface area (Å²) in [4.78, 5) is 0. The Morgan fingerprint density at radius 3 is 2.71 bits per heavy atom. The predicted octanol–water partition coefficient (Wildman–Crippen LogP) is 0.635. The lowest BCUT2D eigenvalue weighted by molar-refractivity contribution is -0.0162. The van der Waals surface area contributed by atoms with Crippen molar-refractivity contribution in [1.82, 2.24) is 19.3 Å². The lowest BCUT2D eigenvalue weighted by atomic mass is 9.91. The first kappa shape index (κ1) is 14.9. The summed E-state index contributed by atoms with van der Waals surface area (Å²) >= 11 is 0. The maximum Gasteiger partial charge on any atom is 0.217 e.